The van der Waals surface area contributed by atoms with Crippen molar-refractivity contribution in [2.45, 2.75) is 97.4 Å². The lowest BCUT2D eigenvalue weighted by Gasteiger charge is -2.30. The standard InChI is InChI=1S/C26H36O9/c1-11-9-25-22(30)12(2)10-26(25,35-25)23(31)13(3)20(33-15(5)28)17-18(24(17,7)8)21(34-16(6)29)19(11)32-14(4)27/h9,12-13,17-22,30H,10H2,1-8H3. The number of ether oxygens (including phenoxy) is 4. The molecule has 9 nitrogen and oxygen atoms in total. The van der Waals surface area contributed by atoms with Gasteiger partial charge in [-0.05, 0) is 36.3 Å². The number of epoxide rings is 1. The second kappa shape index (κ2) is 8.13. The minimum Gasteiger partial charge on any atom is -0.461 e. The first kappa shape index (κ1) is 25.8. The number of rotatable bonds is 3. The Morgan fingerprint density at radius 2 is 1.49 bits per heavy atom. The Kier molecular flexibility index (Phi) is 6.00. The molecule has 4 rings (SSSR count). The molecule has 194 valence electrons. The summed E-state index contributed by atoms with van der Waals surface area (Å²) in [7, 11) is 0. The Labute approximate surface area is 205 Å². The number of esters is 3. The molecule has 0 aromatic heterocycles. The zero-order valence-corrected chi connectivity index (χ0v) is 21.6. The molecule has 1 aliphatic heterocycles. The number of Topliss-reactive ketones (excluding diaryl/α,β-unsaturated/α-hetero) is 1. The van der Waals surface area contributed by atoms with Crippen LogP contribution in [0.5, 0.6) is 0 Å². The molecule has 2 saturated carbocycles. The van der Waals surface area contributed by atoms with Crippen LogP contribution in [-0.4, -0.2) is 64.4 Å². The topological polar surface area (TPSA) is 129 Å². The fourth-order valence-electron chi connectivity index (χ4n) is 7.03. The normalized spacial score (nSPS) is 45.5. The molecule has 10 atom stereocenters. The minimum atomic E-state index is -1.29. The van der Waals surface area contributed by atoms with Gasteiger partial charge in [0, 0.05) is 32.6 Å². The smallest absolute Gasteiger partial charge is 0.303 e. The van der Waals surface area contributed by atoms with Gasteiger partial charge in [0.25, 0.3) is 0 Å². The summed E-state index contributed by atoms with van der Waals surface area (Å²) in [5.74, 6) is -3.51. The third kappa shape index (κ3) is 3.73. The van der Waals surface area contributed by atoms with E-state index >= 15 is 0 Å². The molecule has 0 aromatic carbocycles. The summed E-state index contributed by atoms with van der Waals surface area (Å²) in [6.45, 7) is 13.1. The van der Waals surface area contributed by atoms with Crippen LogP contribution < -0.4 is 0 Å². The Hall–Kier alpha value is -2.26. The number of carbonyl (C=O) groups is 4. The first-order valence-corrected chi connectivity index (χ1v) is 12.2. The quantitative estimate of drug-likeness (QED) is 0.273. The van der Waals surface area contributed by atoms with E-state index < -0.39 is 64.9 Å². The van der Waals surface area contributed by atoms with Gasteiger partial charge in [-0.3, -0.25) is 19.2 Å². The summed E-state index contributed by atoms with van der Waals surface area (Å²) in [6.07, 6.45) is -1.63. The average Bonchev–Trinajstić information content (AvgIpc) is 3.52. The van der Waals surface area contributed by atoms with Crippen LogP contribution in [0.4, 0.5) is 0 Å². The van der Waals surface area contributed by atoms with Crippen LogP contribution in [0.2, 0.25) is 0 Å². The van der Waals surface area contributed by atoms with Gasteiger partial charge in [-0.15, -0.1) is 0 Å². The summed E-state index contributed by atoms with van der Waals surface area (Å²) >= 11 is 0. The molecule has 1 heterocycles. The fourth-order valence-corrected chi connectivity index (χ4v) is 7.03. The van der Waals surface area contributed by atoms with Crippen molar-refractivity contribution in [2.75, 3.05) is 0 Å². The minimum absolute atomic E-state index is 0.222. The zero-order valence-electron chi connectivity index (χ0n) is 21.6. The van der Waals surface area contributed by atoms with E-state index in [1.807, 2.05) is 20.8 Å². The molecule has 0 amide bonds. The molecule has 0 bridgehead atoms. The highest BCUT2D eigenvalue weighted by Gasteiger charge is 2.82. The van der Waals surface area contributed by atoms with Crippen molar-refractivity contribution in [1.82, 2.24) is 0 Å². The number of hydrogen-bond acceptors (Lipinski definition) is 9. The van der Waals surface area contributed by atoms with E-state index in [-0.39, 0.29) is 23.5 Å². The Bertz CT molecular complexity index is 999. The lowest BCUT2D eigenvalue weighted by atomic mass is 9.80. The summed E-state index contributed by atoms with van der Waals surface area (Å²) in [6, 6.07) is 0. The predicted octanol–water partition coefficient (Wildman–Crippen LogP) is 2.13. The summed E-state index contributed by atoms with van der Waals surface area (Å²) in [5.41, 5.74) is -2.52. The van der Waals surface area contributed by atoms with Crippen molar-refractivity contribution in [3.05, 3.63) is 11.6 Å². The van der Waals surface area contributed by atoms with Gasteiger partial charge in [-0.2, -0.15) is 0 Å². The summed E-state index contributed by atoms with van der Waals surface area (Å²) < 4.78 is 23.3. The molecule has 0 radical (unpaired) electrons. The third-order valence-electron chi connectivity index (χ3n) is 8.62. The van der Waals surface area contributed by atoms with E-state index in [2.05, 4.69) is 0 Å². The van der Waals surface area contributed by atoms with E-state index in [0.29, 0.717) is 12.0 Å². The molecular formula is C26H36O9. The highest BCUT2D eigenvalue weighted by molar-refractivity contribution is 5.96. The van der Waals surface area contributed by atoms with Gasteiger partial charge in [0.2, 0.25) is 0 Å². The van der Waals surface area contributed by atoms with E-state index in [1.54, 1.807) is 19.9 Å². The van der Waals surface area contributed by atoms with Gasteiger partial charge in [0.15, 0.2) is 23.1 Å². The third-order valence-corrected chi connectivity index (χ3v) is 8.62. The first-order chi connectivity index (χ1) is 16.1. The zero-order chi connectivity index (χ0) is 26.2. The molecular weight excluding hydrogens is 456 g/mol. The molecule has 9 heteroatoms. The highest BCUT2D eigenvalue weighted by atomic mass is 16.7. The molecule has 10 unspecified atom stereocenters. The molecule has 0 spiro atoms. The number of ketones is 1. The molecule has 1 N–H and O–H groups in total. The first-order valence-electron chi connectivity index (χ1n) is 12.2. The van der Waals surface area contributed by atoms with Gasteiger partial charge in [0.1, 0.15) is 12.2 Å². The Morgan fingerprint density at radius 1 is 0.971 bits per heavy atom. The van der Waals surface area contributed by atoms with Crippen molar-refractivity contribution in [2.24, 2.45) is 29.1 Å². The average molecular weight is 493 g/mol. The molecule has 3 fully saturated rings. The van der Waals surface area contributed by atoms with Crippen LogP contribution >= 0.6 is 0 Å². The molecule has 35 heavy (non-hydrogen) atoms. The Morgan fingerprint density at radius 3 is 2.03 bits per heavy atom. The monoisotopic (exact) mass is 492 g/mol. The fraction of sp³-hybridized carbons (Fsp3) is 0.769. The number of hydrogen-bond donors (Lipinski definition) is 1. The second-order valence-electron chi connectivity index (χ2n) is 11.4. The summed E-state index contributed by atoms with van der Waals surface area (Å²) in [5, 5.41) is 11.1. The van der Waals surface area contributed by atoms with Gasteiger partial charge in [-0.1, -0.05) is 27.7 Å². The maximum atomic E-state index is 14.0. The number of fused-ring (bicyclic) bond motifs is 1. The van der Waals surface area contributed by atoms with Gasteiger partial charge >= 0.3 is 17.9 Å². The van der Waals surface area contributed by atoms with Crippen LogP contribution in [0.3, 0.4) is 0 Å². The van der Waals surface area contributed by atoms with Crippen LogP contribution in [0.25, 0.3) is 0 Å². The molecule has 4 aliphatic rings. The number of aliphatic hydroxyl groups excluding tert-OH is 1. The number of aliphatic hydroxyl groups is 1. The van der Waals surface area contributed by atoms with Crippen molar-refractivity contribution < 1.29 is 43.2 Å². The van der Waals surface area contributed by atoms with Crippen LogP contribution in [0.1, 0.15) is 61.8 Å². The van der Waals surface area contributed by atoms with E-state index in [1.165, 1.54) is 20.8 Å². The summed E-state index contributed by atoms with van der Waals surface area (Å²) in [4.78, 5) is 50.4. The van der Waals surface area contributed by atoms with Gasteiger partial charge < -0.3 is 24.1 Å². The van der Waals surface area contributed by atoms with Crippen LogP contribution in [0, 0.1) is 29.1 Å². The SMILES string of the molecule is CC(=O)OC1C(C)=CC23OC2(CC(C)C3O)C(=O)C(C)C(OC(C)=O)C2C(C1OC(C)=O)C2(C)C. The van der Waals surface area contributed by atoms with Crippen LogP contribution in [-0.2, 0) is 38.1 Å². The molecule has 0 aromatic rings. The Balaban J connectivity index is 1.92. The van der Waals surface area contributed by atoms with E-state index in [9.17, 15) is 24.3 Å². The molecule has 1 saturated heterocycles. The van der Waals surface area contributed by atoms with E-state index in [4.69, 9.17) is 18.9 Å². The lowest BCUT2D eigenvalue weighted by molar-refractivity contribution is -0.166. The predicted molar refractivity (Wildman–Crippen MR) is 122 cm³/mol. The maximum absolute atomic E-state index is 14.0. The van der Waals surface area contributed by atoms with E-state index in [0.717, 1.165) is 0 Å². The van der Waals surface area contributed by atoms with Crippen molar-refractivity contribution in [3.63, 3.8) is 0 Å². The van der Waals surface area contributed by atoms with Crippen molar-refractivity contribution >= 4 is 23.7 Å². The number of carbonyl (C=O) groups excluding carboxylic acids is 4. The van der Waals surface area contributed by atoms with Crippen molar-refractivity contribution in [1.29, 1.82) is 0 Å². The highest BCUT2D eigenvalue weighted by Crippen LogP contribution is 2.68. The maximum Gasteiger partial charge on any atom is 0.303 e. The van der Waals surface area contributed by atoms with Gasteiger partial charge in [0.05, 0.1) is 12.0 Å². The second-order valence-corrected chi connectivity index (χ2v) is 11.4. The van der Waals surface area contributed by atoms with Crippen LogP contribution in [0.15, 0.2) is 11.6 Å². The van der Waals surface area contributed by atoms with Crippen molar-refractivity contribution in [3.8, 4) is 0 Å². The van der Waals surface area contributed by atoms with Gasteiger partial charge in [-0.25, -0.2) is 0 Å². The largest absolute Gasteiger partial charge is 0.461 e. The molecule has 3 aliphatic carbocycles. The lowest BCUT2D eigenvalue weighted by Crippen LogP contribution is -2.43.